The van der Waals surface area contributed by atoms with Gasteiger partial charge in [0.05, 0.1) is 17.1 Å². The van der Waals surface area contributed by atoms with Gasteiger partial charge in [-0.2, -0.15) is 11.8 Å². The number of nitrogens with one attached hydrogen (secondary N) is 1. The first-order chi connectivity index (χ1) is 18.1. The molecule has 0 aromatic heterocycles. The third-order valence-corrected chi connectivity index (χ3v) is 8.52. The van der Waals surface area contributed by atoms with E-state index in [1.165, 1.54) is 35.9 Å². The van der Waals surface area contributed by atoms with Crippen molar-refractivity contribution in [1.29, 1.82) is 0 Å². The molecule has 1 heterocycles. The van der Waals surface area contributed by atoms with E-state index in [1.807, 2.05) is 77.3 Å². The first-order valence-corrected chi connectivity index (χ1v) is 14.8. The predicted octanol–water partition coefficient (Wildman–Crippen LogP) is 7.33. The van der Waals surface area contributed by atoms with Crippen LogP contribution < -0.4 is 10.2 Å². The zero-order chi connectivity index (χ0) is 26.0. The van der Waals surface area contributed by atoms with Gasteiger partial charge in [0, 0.05) is 17.0 Å². The number of hydrogen-bond donors (Lipinski definition) is 1. The van der Waals surface area contributed by atoms with Gasteiger partial charge in [-0.15, -0.1) is 0 Å². The summed E-state index contributed by atoms with van der Waals surface area (Å²) in [5, 5.41) is 3.01. The molecule has 0 unspecified atom stereocenters. The van der Waals surface area contributed by atoms with Gasteiger partial charge in [-0.25, -0.2) is 0 Å². The van der Waals surface area contributed by atoms with Crippen molar-refractivity contribution < 1.29 is 9.59 Å². The van der Waals surface area contributed by atoms with Crippen LogP contribution in [0.25, 0.3) is 6.08 Å². The highest BCUT2D eigenvalue weighted by Gasteiger charge is 2.29. The molecule has 0 spiro atoms. The Balaban J connectivity index is 1.43. The fourth-order valence-electron chi connectivity index (χ4n) is 4.09. The van der Waals surface area contributed by atoms with E-state index in [0.29, 0.717) is 23.6 Å². The standard InChI is InChI=1S/C31H34N2O2S2/c1-3-4-19-36-20-9-18-32-30(34)25-16-14-24(15-17-25)21-29-31(35)33(22-26-11-6-5-10-23(26)2)27-12-7-8-13-28(27)37-29/h5-8,10-17,21H,3-4,9,18-20,22H2,1-2H3,(H,32,34). The van der Waals surface area contributed by atoms with Crippen LogP contribution >= 0.6 is 23.5 Å². The van der Waals surface area contributed by atoms with Gasteiger partial charge < -0.3 is 10.2 Å². The number of aryl methyl sites for hydroxylation is 1. The summed E-state index contributed by atoms with van der Waals surface area (Å²) in [5.74, 6) is 2.20. The second-order valence-electron chi connectivity index (χ2n) is 9.09. The number of nitrogens with zero attached hydrogens (tertiary/aromatic N) is 1. The SMILES string of the molecule is CCCCSCCCNC(=O)c1ccc(C=C2Sc3ccccc3N(Cc3ccccc3C)C2=O)cc1. The summed E-state index contributed by atoms with van der Waals surface area (Å²) in [7, 11) is 0. The van der Waals surface area contributed by atoms with Crippen molar-refractivity contribution in [2.24, 2.45) is 0 Å². The summed E-state index contributed by atoms with van der Waals surface area (Å²) in [6.45, 7) is 5.49. The topological polar surface area (TPSA) is 49.4 Å². The Morgan fingerprint density at radius 2 is 1.70 bits per heavy atom. The number of amides is 2. The number of rotatable bonds is 11. The van der Waals surface area contributed by atoms with Crippen molar-refractivity contribution in [3.8, 4) is 0 Å². The summed E-state index contributed by atoms with van der Waals surface area (Å²) in [4.78, 5) is 29.7. The molecule has 0 aliphatic carbocycles. The Bertz CT molecular complexity index is 1250. The molecule has 3 aromatic carbocycles. The van der Waals surface area contributed by atoms with Crippen molar-refractivity contribution in [2.75, 3.05) is 23.0 Å². The molecule has 37 heavy (non-hydrogen) atoms. The van der Waals surface area contributed by atoms with Gasteiger partial charge in [0.25, 0.3) is 11.8 Å². The van der Waals surface area contributed by atoms with Crippen molar-refractivity contribution in [3.63, 3.8) is 0 Å². The lowest BCUT2D eigenvalue weighted by Gasteiger charge is -2.31. The summed E-state index contributed by atoms with van der Waals surface area (Å²) >= 11 is 3.45. The van der Waals surface area contributed by atoms with E-state index in [1.54, 1.807) is 0 Å². The number of fused-ring (bicyclic) bond motifs is 1. The lowest BCUT2D eigenvalue weighted by molar-refractivity contribution is -0.114. The molecule has 4 rings (SSSR count). The highest BCUT2D eigenvalue weighted by molar-refractivity contribution is 8.04. The van der Waals surface area contributed by atoms with E-state index in [2.05, 4.69) is 37.4 Å². The molecule has 2 amide bonds. The van der Waals surface area contributed by atoms with E-state index in [4.69, 9.17) is 0 Å². The number of carbonyl (C=O) groups is 2. The second-order valence-corrected chi connectivity index (χ2v) is 11.4. The lowest BCUT2D eigenvalue weighted by Crippen LogP contribution is -2.33. The van der Waals surface area contributed by atoms with Gasteiger partial charge in [0.2, 0.25) is 0 Å². The van der Waals surface area contributed by atoms with Crippen molar-refractivity contribution in [2.45, 2.75) is 44.6 Å². The predicted molar refractivity (Wildman–Crippen MR) is 158 cm³/mol. The Morgan fingerprint density at radius 1 is 0.973 bits per heavy atom. The number of benzene rings is 3. The van der Waals surface area contributed by atoms with Crippen LogP contribution in [0.15, 0.2) is 82.6 Å². The molecule has 3 aromatic rings. The molecule has 192 valence electrons. The van der Waals surface area contributed by atoms with Crippen LogP contribution in [0.5, 0.6) is 0 Å². The van der Waals surface area contributed by atoms with Gasteiger partial charge in [-0.3, -0.25) is 9.59 Å². The van der Waals surface area contributed by atoms with Gasteiger partial charge in [-0.1, -0.05) is 73.6 Å². The molecular weight excluding hydrogens is 496 g/mol. The lowest BCUT2D eigenvalue weighted by atomic mass is 10.1. The van der Waals surface area contributed by atoms with Crippen LogP contribution in [0.2, 0.25) is 0 Å². The minimum Gasteiger partial charge on any atom is -0.352 e. The fraction of sp³-hybridized carbons (Fsp3) is 0.290. The number of carbonyl (C=O) groups excluding carboxylic acids is 2. The average molecular weight is 531 g/mol. The van der Waals surface area contributed by atoms with Crippen LogP contribution in [0.3, 0.4) is 0 Å². The third kappa shape index (κ3) is 7.30. The zero-order valence-corrected chi connectivity index (χ0v) is 23.2. The van der Waals surface area contributed by atoms with Crippen LogP contribution in [0.4, 0.5) is 5.69 Å². The fourth-order valence-corrected chi connectivity index (χ4v) is 6.19. The molecule has 1 aliphatic rings. The molecule has 0 saturated heterocycles. The highest BCUT2D eigenvalue weighted by atomic mass is 32.2. The van der Waals surface area contributed by atoms with Gasteiger partial charge >= 0.3 is 0 Å². The Kier molecular flexibility index (Phi) is 9.92. The number of unbranched alkanes of at least 4 members (excludes halogenated alkanes) is 1. The number of para-hydroxylation sites is 1. The van der Waals surface area contributed by atoms with Crippen LogP contribution in [0, 0.1) is 6.92 Å². The summed E-state index contributed by atoms with van der Waals surface area (Å²) in [5.41, 5.74) is 4.77. The Morgan fingerprint density at radius 3 is 2.49 bits per heavy atom. The molecule has 0 atom stereocenters. The molecular formula is C31H34N2O2S2. The smallest absolute Gasteiger partial charge is 0.265 e. The van der Waals surface area contributed by atoms with Crippen molar-refractivity contribution >= 4 is 47.1 Å². The molecule has 0 radical (unpaired) electrons. The largest absolute Gasteiger partial charge is 0.352 e. The van der Waals surface area contributed by atoms with E-state index in [-0.39, 0.29) is 11.8 Å². The molecule has 6 heteroatoms. The van der Waals surface area contributed by atoms with E-state index in [0.717, 1.165) is 33.9 Å². The summed E-state index contributed by atoms with van der Waals surface area (Å²) in [6, 6.07) is 23.7. The van der Waals surface area contributed by atoms with Crippen molar-refractivity contribution in [1.82, 2.24) is 5.32 Å². The summed E-state index contributed by atoms with van der Waals surface area (Å²) < 4.78 is 0. The highest BCUT2D eigenvalue weighted by Crippen LogP contribution is 2.42. The van der Waals surface area contributed by atoms with Crippen molar-refractivity contribution in [3.05, 3.63) is 100.0 Å². The molecule has 0 saturated carbocycles. The van der Waals surface area contributed by atoms with Crippen LogP contribution in [-0.2, 0) is 11.3 Å². The van der Waals surface area contributed by atoms with E-state index >= 15 is 0 Å². The molecule has 1 aliphatic heterocycles. The van der Waals surface area contributed by atoms with E-state index < -0.39 is 0 Å². The number of thioether (sulfide) groups is 2. The van der Waals surface area contributed by atoms with Gasteiger partial charge in [-0.05, 0) is 78.3 Å². The first kappa shape index (κ1) is 27.1. The minimum atomic E-state index is -0.0563. The van der Waals surface area contributed by atoms with Gasteiger partial charge in [0.1, 0.15) is 0 Å². The monoisotopic (exact) mass is 530 g/mol. The second kappa shape index (κ2) is 13.5. The molecule has 0 fully saturated rings. The van der Waals surface area contributed by atoms with Crippen LogP contribution in [-0.4, -0.2) is 29.9 Å². The quantitative estimate of drug-likeness (QED) is 0.208. The maximum absolute atomic E-state index is 13.6. The number of anilines is 1. The van der Waals surface area contributed by atoms with Gasteiger partial charge in [0.15, 0.2) is 0 Å². The minimum absolute atomic E-state index is 0.00872. The maximum Gasteiger partial charge on any atom is 0.265 e. The summed E-state index contributed by atoms with van der Waals surface area (Å²) in [6.07, 6.45) is 5.37. The van der Waals surface area contributed by atoms with Crippen LogP contribution in [0.1, 0.15) is 53.2 Å². The third-order valence-electron chi connectivity index (χ3n) is 6.29. The molecule has 4 nitrogen and oxygen atoms in total. The number of hydrogen-bond acceptors (Lipinski definition) is 4. The zero-order valence-electron chi connectivity index (χ0n) is 21.5. The average Bonchev–Trinajstić information content (AvgIpc) is 2.92. The first-order valence-electron chi connectivity index (χ1n) is 12.9. The maximum atomic E-state index is 13.6. The Labute approximate surface area is 228 Å². The normalized spacial score (nSPS) is 14.1. The Hall–Kier alpha value is -2.96. The molecule has 0 bridgehead atoms. The molecule has 1 N–H and O–H groups in total. The van der Waals surface area contributed by atoms with E-state index in [9.17, 15) is 9.59 Å².